The van der Waals surface area contributed by atoms with Gasteiger partial charge in [-0.3, -0.25) is 4.79 Å². The number of carbonyl (C=O) groups excluding carboxylic acids is 1. The fraction of sp³-hybridized carbons (Fsp3) is 0.235. The van der Waals surface area contributed by atoms with Gasteiger partial charge >= 0.3 is 0 Å². The van der Waals surface area contributed by atoms with Crippen LogP contribution in [0.3, 0.4) is 0 Å². The largest absolute Gasteiger partial charge is 0.387 e. The standard InChI is InChI=1S/C17H16ClF2NO2/c18-13-7-5-12(9-15(13)20)16(22)10-21-17(23)8-6-11-3-1-2-4-14(11)19/h1-5,7,9,16,22H,6,8,10H2,(H,21,23). The maximum Gasteiger partial charge on any atom is 0.220 e. The number of halogens is 3. The molecular formula is C17H16ClF2NO2. The van der Waals surface area contributed by atoms with E-state index in [-0.39, 0.29) is 36.1 Å². The molecule has 0 radical (unpaired) electrons. The van der Waals surface area contributed by atoms with Crippen LogP contribution in [0.4, 0.5) is 8.78 Å². The Morgan fingerprint density at radius 2 is 1.91 bits per heavy atom. The highest BCUT2D eigenvalue weighted by atomic mass is 35.5. The number of aryl methyl sites for hydroxylation is 1. The highest BCUT2D eigenvalue weighted by Crippen LogP contribution is 2.20. The average Bonchev–Trinajstić information content (AvgIpc) is 2.54. The molecule has 1 unspecified atom stereocenters. The first-order valence-electron chi connectivity index (χ1n) is 7.10. The van der Waals surface area contributed by atoms with E-state index < -0.39 is 11.9 Å². The van der Waals surface area contributed by atoms with E-state index in [2.05, 4.69) is 5.32 Å². The zero-order valence-electron chi connectivity index (χ0n) is 12.2. The van der Waals surface area contributed by atoms with Crippen LogP contribution in [0.5, 0.6) is 0 Å². The second-order valence-electron chi connectivity index (χ2n) is 5.08. The Kier molecular flexibility index (Phi) is 6.07. The first-order valence-corrected chi connectivity index (χ1v) is 7.48. The maximum atomic E-state index is 13.4. The summed E-state index contributed by atoms with van der Waals surface area (Å²) < 4.78 is 26.7. The predicted octanol–water partition coefficient (Wildman–Crippen LogP) is 3.40. The predicted molar refractivity (Wildman–Crippen MR) is 84.1 cm³/mol. The van der Waals surface area contributed by atoms with Crippen molar-refractivity contribution < 1.29 is 18.7 Å². The van der Waals surface area contributed by atoms with E-state index >= 15 is 0 Å². The fourth-order valence-electron chi connectivity index (χ4n) is 2.09. The average molecular weight is 340 g/mol. The van der Waals surface area contributed by atoms with Gasteiger partial charge in [0.1, 0.15) is 11.6 Å². The summed E-state index contributed by atoms with van der Waals surface area (Å²) in [6.45, 7) is -0.0584. The smallest absolute Gasteiger partial charge is 0.220 e. The van der Waals surface area contributed by atoms with Crippen LogP contribution in [-0.2, 0) is 11.2 Å². The van der Waals surface area contributed by atoms with E-state index in [9.17, 15) is 18.7 Å². The molecule has 1 atom stereocenters. The van der Waals surface area contributed by atoms with Crippen LogP contribution in [-0.4, -0.2) is 17.6 Å². The molecule has 0 saturated carbocycles. The zero-order valence-corrected chi connectivity index (χ0v) is 13.0. The van der Waals surface area contributed by atoms with Crippen molar-refractivity contribution in [2.75, 3.05) is 6.54 Å². The number of hydrogen-bond donors (Lipinski definition) is 2. The highest BCUT2D eigenvalue weighted by Gasteiger charge is 2.12. The second kappa shape index (κ2) is 8.04. The highest BCUT2D eigenvalue weighted by molar-refractivity contribution is 6.30. The lowest BCUT2D eigenvalue weighted by atomic mass is 10.1. The van der Waals surface area contributed by atoms with Crippen LogP contribution in [0, 0.1) is 11.6 Å². The van der Waals surface area contributed by atoms with Crippen LogP contribution in [0.1, 0.15) is 23.7 Å². The molecule has 122 valence electrons. The summed E-state index contributed by atoms with van der Waals surface area (Å²) in [6, 6.07) is 10.2. The minimum absolute atomic E-state index is 0.0325. The van der Waals surface area contributed by atoms with Gasteiger partial charge in [-0.25, -0.2) is 8.78 Å². The van der Waals surface area contributed by atoms with Crippen LogP contribution in [0.2, 0.25) is 5.02 Å². The molecule has 0 fully saturated rings. The number of hydrogen-bond acceptors (Lipinski definition) is 2. The summed E-state index contributed by atoms with van der Waals surface area (Å²) in [5, 5.41) is 12.4. The van der Waals surface area contributed by atoms with Crippen molar-refractivity contribution in [3.05, 3.63) is 70.2 Å². The van der Waals surface area contributed by atoms with Gasteiger partial charge in [0.15, 0.2) is 0 Å². The van der Waals surface area contributed by atoms with Gasteiger partial charge in [0.05, 0.1) is 11.1 Å². The van der Waals surface area contributed by atoms with Gasteiger partial charge < -0.3 is 10.4 Å². The Balaban J connectivity index is 1.82. The van der Waals surface area contributed by atoms with Crippen LogP contribution in [0.25, 0.3) is 0 Å². The number of benzene rings is 2. The van der Waals surface area contributed by atoms with Crippen molar-refractivity contribution in [1.82, 2.24) is 5.32 Å². The van der Waals surface area contributed by atoms with E-state index in [0.29, 0.717) is 11.1 Å². The molecule has 0 aliphatic heterocycles. The molecule has 0 heterocycles. The fourth-order valence-corrected chi connectivity index (χ4v) is 2.20. The lowest BCUT2D eigenvalue weighted by Crippen LogP contribution is -2.28. The Bertz CT molecular complexity index is 694. The summed E-state index contributed by atoms with van der Waals surface area (Å²) in [6.07, 6.45) is -0.675. The van der Waals surface area contributed by atoms with Crippen LogP contribution < -0.4 is 5.32 Å². The van der Waals surface area contributed by atoms with Gasteiger partial charge in [-0.2, -0.15) is 0 Å². The number of amides is 1. The lowest BCUT2D eigenvalue weighted by Gasteiger charge is -2.13. The topological polar surface area (TPSA) is 49.3 Å². The molecule has 0 saturated heterocycles. The molecule has 0 aliphatic carbocycles. The molecule has 0 spiro atoms. The Morgan fingerprint density at radius 1 is 1.17 bits per heavy atom. The number of rotatable bonds is 6. The molecule has 0 bridgehead atoms. The van der Waals surface area contributed by atoms with Crippen molar-refractivity contribution in [2.24, 2.45) is 0 Å². The Morgan fingerprint density at radius 3 is 2.61 bits per heavy atom. The summed E-state index contributed by atoms with van der Waals surface area (Å²) in [5.41, 5.74) is 0.782. The van der Waals surface area contributed by atoms with Gasteiger partial charge in [0, 0.05) is 13.0 Å². The third-order valence-corrected chi connectivity index (χ3v) is 3.71. The molecule has 2 N–H and O–H groups in total. The van der Waals surface area contributed by atoms with Crippen molar-refractivity contribution in [3.8, 4) is 0 Å². The van der Waals surface area contributed by atoms with E-state index in [4.69, 9.17) is 11.6 Å². The van der Waals surface area contributed by atoms with Crippen LogP contribution >= 0.6 is 11.6 Å². The normalized spacial score (nSPS) is 12.0. The molecule has 1 amide bonds. The Hall–Kier alpha value is -1.98. The second-order valence-corrected chi connectivity index (χ2v) is 5.49. The third-order valence-electron chi connectivity index (χ3n) is 3.40. The van der Waals surface area contributed by atoms with E-state index in [1.165, 1.54) is 18.2 Å². The molecule has 23 heavy (non-hydrogen) atoms. The minimum Gasteiger partial charge on any atom is -0.387 e. The molecule has 6 heteroatoms. The van der Waals surface area contributed by atoms with E-state index in [1.54, 1.807) is 18.2 Å². The van der Waals surface area contributed by atoms with Crippen molar-refractivity contribution in [1.29, 1.82) is 0 Å². The molecule has 3 nitrogen and oxygen atoms in total. The summed E-state index contributed by atoms with van der Waals surface area (Å²) in [5.74, 6) is -1.30. The van der Waals surface area contributed by atoms with Gasteiger partial charge in [0.25, 0.3) is 0 Å². The number of aliphatic hydroxyl groups excluding tert-OH is 1. The summed E-state index contributed by atoms with van der Waals surface area (Å²) >= 11 is 5.57. The number of carbonyl (C=O) groups is 1. The quantitative estimate of drug-likeness (QED) is 0.847. The van der Waals surface area contributed by atoms with Crippen molar-refractivity contribution >= 4 is 17.5 Å². The van der Waals surface area contributed by atoms with Gasteiger partial charge in [-0.15, -0.1) is 0 Å². The molecule has 0 aliphatic rings. The van der Waals surface area contributed by atoms with Crippen molar-refractivity contribution in [2.45, 2.75) is 18.9 Å². The zero-order chi connectivity index (χ0) is 16.8. The van der Waals surface area contributed by atoms with E-state index in [0.717, 1.165) is 6.07 Å². The van der Waals surface area contributed by atoms with Crippen LogP contribution in [0.15, 0.2) is 42.5 Å². The lowest BCUT2D eigenvalue weighted by molar-refractivity contribution is -0.121. The first-order chi connectivity index (χ1) is 11.0. The van der Waals surface area contributed by atoms with Crippen molar-refractivity contribution in [3.63, 3.8) is 0 Å². The summed E-state index contributed by atoms with van der Waals surface area (Å²) in [7, 11) is 0. The van der Waals surface area contributed by atoms with Gasteiger partial charge in [0.2, 0.25) is 5.91 Å². The van der Waals surface area contributed by atoms with E-state index in [1.807, 2.05) is 0 Å². The molecule has 2 aromatic rings. The third kappa shape index (κ3) is 5.01. The SMILES string of the molecule is O=C(CCc1ccccc1F)NCC(O)c1ccc(Cl)c(F)c1. The molecule has 0 aromatic heterocycles. The maximum absolute atomic E-state index is 13.4. The summed E-state index contributed by atoms with van der Waals surface area (Å²) in [4.78, 5) is 11.7. The van der Waals surface area contributed by atoms with Gasteiger partial charge in [-0.05, 0) is 35.7 Å². The monoisotopic (exact) mass is 339 g/mol. The first kappa shape index (κ1) is 17.4. The number of aliphatic hydroxyl groups is 1. The minimum atomic E-state index is -1.04. The Labute approximate surface area is 137 Å². The van der Waals surface area contributed by atoms with Gasteiger partial charge in [-0.1, -0.05) is 35.9 Å². The number of nitrogens with one attached hydrogen (secondary N) is 1. The molecular weight excluding hydrogens is 324 g/mol. The molecule has 2 rings (SSSR count). The molecule has 2 aromatic carbocycles.